The number of rotatable bonds is 5. The molecule has 0 saturated carbocycles. The van der Waals surface area contributed by atoms with Gasteiger partial charge in [-0.05, 0) is 32.0 Å². The van der Waals surface area contributed by atoms with Crippen molar-refractivity contribution in [3.63, 3.8) is 0 Å². The van der Waals surface area contributed by atoms with Crippen LogP contribution < -0.4 is 5.32 Å². The third-order valence-corrected chi connectivity index (χ3v) is 3.66. The van der Waals surface area contributed by atoms with Crippen LogP contribution >= 0.6 is 0 Å². The van der Waals surface area contributed by atoms with E-state index in [1.165, 1.54) is 0 Å². The number of pyridine rings is 1. The van der Waals surface area contributed by atoms with Crippen LogP contribution in [-0.4, -0.2) is 30.6 Å². The molecule has 0 aliphatic heterocycles. The molecule has 0 unspecified atom stereocenters. The van der Waals surface area contributed by atoms with E-state index in [9.17, 15) is 4.79 Å². The van der Waals surface area contributed by atoms with Gasteiger partial charge in [-0.2, -0.15) is 5.10 Å². The third kappa shape index (κ3) is 3.62. The van der Waals surface area contributed by atoms with E-state index in [-0.39, 0.29) is 18.5 Å². The molecule has 1 N–H and O–H groups in total. The number of nitrogens with zero attached hydrogens (tertiary/aromatic N) is 5. The predicted molar refractivity (Wildman–Crippen MR) is 88.8 cm³/mol. The van der Waals surface area contributed by atoms with Gasteiger partial charge in [-0.15, -0.1) is 0 Å². The van der Waals surface area contributed by atoms with Crippen molar-refractivity contribution >= 4 is 5.91 Å². The molecule has 7 nitrogen and oxygen atoms in total. The van der Waals surface area contributed by atoms with Crippen molar-refractivity contribution in [3.05, 3.63) is 60.4 Å². The molecule has 0 saturated heterocycles. The van der Waals surface area contributed by atoms with E-state index in [0.717, 1.165) is 16.8 Å². The molecule has 24 heavy (non-hydrogen) atoms. The van der Waals surface area contributed by atoms with Gasteiger partial charge in [-0.3, -0.25) is 14.5 Å². The van der Waals surface area contributed by atoms with Gasteiger partial charge >= 0.3 is 0 Å². The Labute approximate surface area is 139 Å². The zero-order valence-electron chi connectivity index (χ0n) is 13.5. The molecule has 0 spiro atoms. The molecular weight excluding hydrogens is 304 g/mol. The fourth-order valence-electron chi connectivity index (χ4n) is 2.45. The lowest BCUT2D eigenvalue weighted by atomic mass is 10.1. The minimum Gasteiger partial charge on any atom is -0.348 e. The molecule has 0 radical (unpaired) electrons. The molecule has 1 amide bonds. The van der Waals surface area contributed by atoms with Crippen molar-refractivity contribution < 1.29 is 4.79 Å². The Morgan fingerprint density at radius 3 is 2.75 bits per heavy atom. The summed E-state index contributed by atoms with van der Waals surface area (Å²) in [5.41, 5.74) is 2.64. The Balaban J connectivity index is 1.71. The molecule has 1 atom stereocenters. The van der Waals surface area contributed by atoms with Gasteiger partial charge in [0.15, 0.2) is 5.82 Å². The summed E-state index contributed by atoms with van der Waals surface area (Å²) in [6, 6.07) is 5.33. The fourth-order valence-corrected chi connectivity index (χ4v) is 2.45. The smallest absolute Gasteiger partial charge is 0.242 e. The van der Waals surface area contributed by atoms with Gasteiger partial charge in [0.2, 0.25) is 5.91 Å². The van der Waals surface area contributed by atoms with E-state index < -0.39 is 0 Å². The number of carbonyl (C=O) groups excluding carboxylic acids is 1. The van der Waals surface area contributed by atoms with Crippen LogP contribution in [0.25, 0.3) is 11.4 Å². The van der Waals surface area contributed by atoms with E-state index in [4.69, 9.17) is 0 Å². The Kier molecular flexibility index (Phi) is 4.60. The molecule has 0 aliphatic carbocycles. The minimum absolute atomic E-state index is 0.108. The average molecular weight is 322 g/mol. The topological polar surface area (TPSA) is 85.6 Å². The van der Waals surface area contributed by atoms with Crippen LogP contribution in [0.4, 0.5) is 0 Å². The largest absolute Gasteiger partial charge is 0.348 e. The van der Waals surface area contributed by atoms with E-state index in [0.29, 0.717) is 5.82 Å². The molecule has 7 heteroatoms. The maximum Gasteiger partial charge on any atom is 0.242 e. The minimum atomic E-state index is -0.181. The summed E-state index contributed by atoms with van der Waals surface area (Å²) in [6.45, 7) is 4.02. The molecular formula is C17H18N6O. The number of carbonyl (C=O) groups is 1. The zero-order valence-corrected chi connectivity index (χ0v) is 13.5. The second-order valence-electron chi connectivity index (χ2n) is 5.46. The van der Waals surface area contributed by atoms with Crippen LogP contribution in [-0.2, 0) is 11.3 Å². The Bertz CT molecular complexity index is 816. The lowest BCUT2D eigenvalue weighted by molar-refractivity contribution is -0.122. The van der Waals surface area contributed by atoms with Gasteiger partial charge < -0.3 is 5.32 Å². The monoisotopic (exact) mass is 322 g/mol. The highest BCUT2D eigenvalue weighted by molar-refractivity contribution is 5.76. The summed E-state index contributed by atoms with van der Waals surface area (Å²) in [4.78, 5) is 25.0. The molecule has 3 aromatic rings. The number of hydrogen-bond donors (Lipinski definition) is 1. The van der Waals surface area contributed by atoms with Crippen LogP contribution in [0.15, 0.2) is 49.2 Å². The van der Waals surface area contributed by atoms with Crippen LogP contribution in [0, 0.1) is 6.92 Å². The summed E-state index contributed by atoms with van der Waals surface area (Å²) in [7, 11) is 0. The zero-order chi connectivity index (χ0) is 16.9. The van der Waals surface area contributed by atoms with Crippen molar-refractivity contribution in [2.75, 3.05) is 0 Å². The summed E-state index contributed by atoms with van der Waals surface area (Å²) < 4.78 is 1.58. The first-order valence-corrected chi connectivity index (χ1v) is 7.64. The Morgan fingerprint density at radius 1 is 1.29 bits per heavy atom. The fraction of sp³-hybridized carbons (Fsp3) is 0.235. The lowest BCUT2D eigenvalue weighted by Gasteiger charge is -2.16. The number of aromatic nitrogens is 5. The van der Waals surface area contributed by atoms with Crippen molar-refractivity contribution in [2.24, 2.45) is 0 Å². The molecule has 0 fully saturated rings. The highest BCUT2D eigenvalue weighted by atomic mass is 16.2. The van der Waals surface area contributed by atoms with Crippen molar-refractivity contribution in [1.29, 1.82) is 0 Å². The molecule has 3 aromatic heterocycles. The molecule has 3 heterocycles. The van der Waals surface area contributed by atoms with Gasteiger partial charge in [-0.25, -0.2) is 9.97 Å². The first kappa shape index (κ1) is 15.8. The highest BCUT2D eigenvalue weighted by Crippen LogP contribution is 2.19. The number of aryl methyl sites for hydroxylation is 1. The van der Waals surface area contributed by atoms with Crippen molar-refractivity contribution in [1.82, 2.24) is 30.0 Å². The van der Waals surface area contributed by atoms with Crippen molar-refractivity contribution in [2.45, 2.75) is 26.4 Å². The standard InChI is InChI=1S/C17H18N6O/c1-12(21-16(24)11-23-9-3-6-20-23)15-10-19-17(22-13(15)2)14-4-7-18-8-5-14/h3-10,12H,11H2,1-2H3,(H,21,24)/t12-/m1/s1. The van der Waals surface area contributed by atoms with E-state index in [1.807, 2.05) is 26.0 Å². The molecule has 122 valence electrons. The van der Waals surface area contributed by atoms with Gasteiger partial charge in [0.25, 0.3) is 0 Å². The van der Waals surface area contributed by atoms with Crippen LogP contribution in [0.2, 0.25) is 0 Å². The van der Waals surface area contributed by atoms with E-state index >= 15 is 0 Å². The molecule has 3 rings (SSSR count). The predicted octanol–water partition coefficient (Wildman–Crippen LogP) is 1.92. The normalized spacial score (nSPS) is 11.9. The van der Waals surface area contributed by atoms with Gasteiger partial charge in [0.1, 0.15) is 6.54 Å². The van der Waals surface area contributed by atoms with E-state index in [2.05, 4.69) is 25.4 Å². The van der Waals surface area contributed by atoms with Crippen molar-refractivity contribution in [3.8, 4) is 11.4 Å². The summed E-state index contributed by atoms with van der Waals surface area (Å²) in [6.07, 6.45) is 8.58. The van der Waals surface area contributed by atoms with Crippen LogP contribution in [0.1, 0.15) is 24.2 Å². The molecule has 0 bridgehead atoms. The summed E-state index contributed by atoms with van der Waals surface area (Å²) in [5, 5.41) is 6.97. The Hall–Kier alpha value is -3.09. The van der Waals surface area contributed by atoms with Gasteiger partial charge in [0.05, 0.1) is 6.04 Å². The SMILES string of the molecule is Cc1nc(-c2ccncc2)ncc1[C@@H](C)NC(=O)Cn1cccn1. The first-order chi connectivity index (χ1) is 11.6. The molecule has 0 aromatic carbocycles. The van der Waals surface area contributed by atoms with E-state index in [1.54, 1.807) is 41.7 Å². The average Bonchev–Trinajstić information content (AvgIpc) is 3.08. The summed E-state index contributed by atoms with van der Waals surface area (Å²) in [5.74, 6) is 0.539. The quantitative estimate of drug-likeness (QED) is 0.775. The second-order valence-corrected chi connectivity index (χ2v) is 5.46. The second kappa shape index (κ2) is 6.99. The van der Waals surface area contributed by atoms with Crippen LogP contribution in [0.3, 0.4) is 0 Å². The number of nitrogens with one attached hydrogen (secondary N) is 1. The number of hydrogen-bond acceptors (Lipinski definition) is 5. The maximum absolute atomic E-state index is 12.1. The van der Waals surface area contributed by atoms with Gasteiger partial charge in [0, 0.05) is 47.8 Å². The van der Waals surface area contributed by atoms with Crippen LogP contribution in [0.5, 0.6) is 0 Å². The summed E-state index contributed by atoms with van der Waals surface area (Å²) >= 11 is 0. The third-order valence-electron chi connectivity index (χ3n) is 3.66. The lowest BCUT2D eigenvalue weighted by Crippen LogP contribution is -2.30. The van der Waals surface area contributed by atoms with Gasteiger partial charge in [-0.1, -0.05) is 0 Å². The maximum atomic E-state index is 12.1. The molecule has 0 aliphatic rings. The Morgan fingerprint density at radius 2 is 2.08 bits per heavy atom. The first-order valence-electron chi connectivity index (χ1n) is 7.64. The number of amides is 1. The highest BCUT2D eigenvalue weighted by Gasteiger charge is 2.14.